The molecule has 8 atom stereocenters. The van der Waals surface area contributed by atoms with Crippen molar-refractivity contribution in [1.82, 2.24) is 0 Å². The van der Waals surface area contributed by atoms with Gasteiger partial charge in [0.05, 0.1) is 18.5 Å². The third kappa shape index (κ3) is 3.27. The number of carbonyl (C=O) groups is 1. The molecular weight excluding hydrogens is 452 g/mol. The molecule has 5 rings (SSSR count). The highest BCUT2D eigenvalue weighted by Gasteiger charge is 2.73. The predicted octanol–water partition coefficient (Wildman–Crippen LogP) is 5.00. The highest BCUT2D eigenvalue weighted by atomic mass is 32.2. The van der Waals surface area contributed by atoms with Crippen molar-refractivity contribution in [3.05, 3.63) is 0 Å². The third-order valence-corrected chi connectivity index (χ3v) is 18.3. The molecule has 0 unspecified atom stereocenters. The van der Waals surface area contributed by atoms with Crippen LogP contribution in [0.25, 0.3) is 0 Å². The lowest BCUT2D eigenvalue weighted by Crippen LogP contribution is -2.47. The van der Waals surface area contributed by atoms with E-state index in [9.17, 15) is 13.2 Å². The van der Waals surface area contributed by atoms with Crippen molar-refractivity contribution < 1.29 is 22.4 Å². The quantitative estimate of drug-likeness (QED) is 0.396. The summed E-state index contributed by atoms with van der Waals surface area (Å²) in [5.74, 6) is 0.708. The zero-order chi connectivity index (χ0) is 24.4. The summed E-state index contributed by atoms with van der Waals surface area (Å²) >= 11 is 0. The Hall–Kier alpha value is -0.243. The molecular formula is C26H44O5SSi. The molecule has 0 aromatic heterocycles. The number of ether oxygens (including phenoxy) is 1. The molecule has 0 aromatic carbocycles. The molecule has 2 bridgehead atoms. The molecule has 3 aliphatic carbocycles. The van der Waals surface area contributed by atoms with Crippen LogP contribution in [0.3, 0.4) is 0 Å². The molecule has 33 heavy (non-hydrogen) atoms. The Bertz CT molecular complexity index is 966. The smallest absolute Gasteiger partial charge is 0.192 e. The van der Waals surface area contributed by atoms with Crippen molar-refractivity contribution >= 4 is 23.9 Å². The van der Waals surface area contributed by atoms with Crippen LogP contribution in [0.1, 0.15) is 73.6 Å². The first-order valence-electron chi connectivity index (χ1n) is 13.0. The summed E-state index contributed by atoms with van der Waals surface area (Å²) in [7, 11) is -5.28. The van der Waals surface area contributed by atoms with Crippen LogP contribution in [0.15, 0.2) is 0 Å². The van der Waals surface area contributed by atoms with Crippen molar-refractivity contribution in [2.24, 2.45) is 34.5 Å². The zero-order valence-corrected chi connectivity index (χ0v) is 23.7. The number of epoxide rings is 1. The van der Waals surface area contributed by atoms with Crippen molar-refractivity contribution in [1.29, 1.82) is 0 Å². The Morgan fingerprint density at radius 3 is 2.45 bits per heavy atom. The molecule has 1 spiro atoms. The highest BCUT2D eigenvalue weighted by Crippen LogP contribution is 2.73. The van der Waals surface area contributed by atoms with Gasteiger partial charge in [0.2, 0.25) is 0 Å². The van der Waals surface area contributed by atoms with Crippen LogP contribution in [0.5, 0.6) is 0 Å². The number of ketones is 1. The van der Waals surface area contributed by atoms with Crippen molar-refractivity contribution in [3.8, 4) is 0 Å². The lowest BCUT2D eigenvalue weighted by atomic mass is 9.64. The van der Waals surface area contributed by atoms with Gasteiger partial charge in [-0.25, -0.2) is 8.42 Å². The fourth-order valence-electron chi connectivity index (χ4n) is 8.14. The Kier molecular flexibility index (Phi) is 5.15. The molecule has 0 amide bonds. The minimum absolute atomic E-state index is 0.00198. The molecule has 0 aromatic rings. The van der Waals surface area contributed by atoms with Gasteiger partial charge < -0.3 is 9.16 Å². The van der Waals surface area contributed by atoms with Gasteiger partial charge in [-0.2, -0.15) is 0 Å². The highest BCUT2D eigenvalue weighted by molar-refractivity contribution is 7.93. The van der Waals surface area contributed by atoms with E-state index in [1.54, 1.807) is 0 Å². The van der Waals surface area contributed by atoms with E-state index in [0.717, 1.165) is 25.7 Å². The van der Waals surface area contributed by atoms with E-state index < -0.39 is 23.4 Å². The molecule has 3 saturated carbocycles. The molecule has 5 fully saturated rings. The Morgan fingerprint density at radius 1 is 1.18 bits per heavy atom. The topological polar surface area (TPSA) is 73.0 Å². The second-order valence-corrected chi connectivity index (χ2v) is 21.3. The zero-order valence-electron chi connectivity index (χ0n) is 21.9. The number of hydrogen-bond donors (Lipinski definition) is 0. The molecule has 2 saturated heterocycles. The monoisotopic (exact) mass is 496 g/mol. The summed E-state index contributed by atoms with van der Waals surface area (Å²) in [6.45, 7) is 18.5. The van der Waals surface area contributed by atoms with Gasteiger partial charge in [0, 0.05) is 5.92 Å². The fourth-order valence-corrected chi connectivity index (χ4v) is 12.2. The van der Waals surface area contributed by atoms with E-state index in [-0.39, 0.29) is 56.9 Å². The molecule has 7 heteroatoms. The Labute approximate surface area is 201 Å². The average molecular weight is 497 g/mol. The van der Waals surface area contributed by atoms with Crippen LogP contribution in [0.2, 0.25) is 18.1 Å². The minimum atomic E-state index is -3.41. The van der Waals surface area contributed by atoms with Gasteiger partial charge in [-0.3, -0.25) is 4.79 Å². The Morgan fingerprint density at radius 2 is 1.85 bits per heavy atom. The van der Waals surface area contributed by atoms with E-state index in [1.165, 1.54) is 0 Å². The lowest BCUT2D eigenvalue weighted by molar-refractivity contribution is -0.126. The van der Waals surface area contributed by atoms with Crippen molar-refractivity contribution in [3.63, 3.8) is 0 Å². The van der Waals surface area contributed by atoms with Gasteiger partial charge in [-0.1, -0.05) is 41.5 Å². The van der Waals surface area contributed by atoms with Gasteiger partial charge in [0.15, 0.2) is 23.9 Å². The van der Waals surface area contributed by atoms with Crippen LogP contribution in [-0.4, -0.2) is 51.8 Å². The number of rotatable bonds is 5. The van der Waals surface area contributed by atoms with Crippen LogP contribution in [0.4, 0.5) is 0 Å². The first-order valence-corrected chi connectivity index (χ1v) is 17.7. The van der Waals surface area contributed by atoms with E-state index >= 15 is 0 Å². The maximum Gasteiger partial charge on any atom is 0.192 e. The maximum atomic E-state index is 13.9. The van der Waals surface area contributed by atoms with Crippen molar-refractivity contribution in [2.75, 3.05) is 12.4 Å². The second kappa shape index (κ2) is 6.95. The van der Waals surface area contributed by atoms with E-state index in [2.05, 4.69) is 54.6 Å². The largest absolute Gasteiger partial charge is 0.414 e. The standard InChI is InChI=1S/C26H44O5SSi/c1-16-13-26(14-30-33(7,8)23(2,3)4)20(31-26)12-18(16)21(27)22-19-11-17-9-10-25(19,24(17,5)6)15-32(22,28)29/h16-20,22H,9-15H2,1-8H3/t16-,17+,18-,19+,20+,22+,25-,26+/m0/s1. The van der Waals surface area contributed by atoms with Crippen LogP contribution in [-0.2, 0) is 23.8 Å². The summed E-state index contributed by atoms with van der Waals surface area (Å²) in [5, 5.41) is -0.641. The predicted molar refractivity (Wildman–Crippen MR) is 132 cm³/mol. The lowest BCUT2D eigenvalue weighted by Gasteiger charge is -2.39. The molecule has 5 aliphatic rings. The van der Waals surface area contributed by atoms with Crippen molar-refractivity contribution in [2.45, 2.75) is 109 Å². The van der Waals surface area contributed by atoms with E-state index in [4.69, 9.17) is 9.16 Å². The summed E-state index contributed by atoms with van der Waals surface area (Å²) in [6.07, 6.45) is 4.47. The molecule has 0 radical (unpaired) electrons. The number of carbonyl (C=O) groups excluding carboxylic acids is 1. The summed E-state index contributed by atoms with van der Waals surface area (Å²) < 4.78 is 39.6. The number of hydrogen-bond acceptors (Lipinski definition) is 5. The summed E-state index contributed by atoms with van der Waals surface area (Å²) in [5.41, 5.74) is -0.435. The normalized spacial score (nSPS) is 47.3. The van der Waals surface area contributed by atoms with Gasteiger partial charge in [-0.15, -0.1) is 0 Å². The average Bonchev–Trinajstić information content (AvgIpc) is 3.17. The van der Waals surface area contributed by atoms with Gasteiger partial charge >= 0.3 is 0 Å². The minimum Gasteiger partial charge on any atom is -0.414 e. The van der Waals surface area contributed by atoms with E-state index in [1.807, 2.05) is 0 Å². The van der Waals surface area contributed by atoms with Gasteiger partial charge in [0.25, 0.3) is 0 Å². The summed E-state index contributed by atoms with van der Waals surface area (Å²) in [6, 6.07) is 0. The molecule has 0 N–H and O–H groups in total. The van der Waals surface area contributed by atoms with E-state index in [0.29, 0.717) is 18.9 Å². The second-order valence-electron chi connectivity index (χ2n) is 14.3. The van der Waals surface area contributed by atoms with Crippen LogP contribution < -0.4 is 0 Å². The third-order valence-electron chi connectivity index (χ3n) is 11.6. The maximum absolute atomic E-state index is 13.9. The van der Waals surface area contributed by atoms with Gasteiger partial charge in [0.1, 0.15) is 10.9 Å². The first-order chi connectivity index (χ1) is 15.0. The molecule has 5 nitrogen and oxygen atoms in total. The molecule has 2 heterocycles. The Balaban J connectivity index is 1.31. The number of fused-ring (bicyclic) bond motifs is 2. The molecule has 2 aliphatic heterocycles. The fraction of sp³-hybridized carbons (Fsp3) is 0.962. The first kappa shape index (κ1) is 24.5. The summed E-state index contributed by atoms with van der Waals surface area (Å²) in [4.78, 5) is 13.9. The number of Topliss-reactive ketones (excluding diaryl/α,β-unsaturated/α-hetero) is 1. The number of sulfone groups is 1. The molecule has 188 valence electrons. The van der Waals surface area contributed by atoms with Gasteiger partial charge in [-0.05, 0) is 78.8 Å². The SMILES string of the molecule is C[C@H]1C[C@]2(CO[Si](C)(C)C(C)(C)C)O[C@@H]2C[C@@H]1C(=O)[C@H]1[C@H]2C[C@H]3CC[C@@]2(CS1(=O)=O)C3(C)C. The van der Waals surface area contributed by atoms with Crippen LogP contribution >= 0.6 is 0 Å². The van der Waals surface area contributed by atoms with Crippen LogP contribution in [0, 0.1) is 34.5 Å².